The van der Waals surface area contributed by atoms with Gasteiger partial charge in [0.05, 0.1) is 6.61 Å². The smallest absolute Gasteiger partial charge is 0.217 e. The van der Waals surface area contributed by atoms with Crippen molar-refractivity contribution in [2.45, 2.75) is 12.8 Å². The monoisotopic (exact) mass is 160 g/mol. The molecule has 0 saturated heterocycles. The van der Waals surface area contributed by atoms with Gasteiger partial charge in [-0.05, 0) is 18.9 Å². The Balaban J connectivity index is 2.44. The Kier molecular flexibility index (Phi) is 1.67. The summed E-state index contributed by atoms with van der Waals surface area (Å²) in [5.41, 5.74) is 1.54. The molecule has 1 aromatic rings. The van der Waals surface area contributed by atoms with E-state index in [1.165, 1.54) is 0 Å². The second-order valence-corrected chi connectivity index (χ2v) is 2.72. The van der Waals surface area contributed by atoms with Gasteiger partial charge in [0.2, 0.25) is 5.88 Å². The third-order valence-electron chi connectivity index (χ3n) is 1.88. The summed E-state index contributed by atoms with van der Waals surface area (Å²) in [6.45, 7) is 0.717. The van der Waals surface area contributed by atoms with E-state index in [0.29, 0.717) is 11.6 Å². The number of fused-ring (bicyclic) bond motifs is 1. The molecule has 0 spiro atoms. The summed E-state index contributed by atoms with van der Waals surface area (Å²) in [5.74, 6) is 0.639. The van der Waals surface area contributed by atoms with Gasteiger partial charge >= 0.3 is 0 Å². The van der Waals surface area contributed by atoms with Crippen LogP contribution in [0.1, 0.15) is 17.7 Å². The zero-order valence-corrected chi connectivity index (χ0v) is 6.58. The zero-order chi connectivity index (χ0) is 8.39. The van der Waals surface area contributed by atoms with Crippen molar-refractivity contribution in [2.24, 2.45) is 0 Å². The van der Waals surface area contributed by atoms with Gasteiger partial charge < -0.3 is 4.74 Å². The van der Waals surface area contributed by atoms with E-state index in [-0.39, 0.29) is 0 Å². The van der Waals surface area contributed by atoms with E-state index in [1.54, 1.807) is 6.07 Å². The summed E-state index contributed by atoms with van der Waals surface area (Å²) < 4.78 is 5.30. The van der Waals surface area contributed by atoms with E-state index in [1.807, 2.05) is 12.1 Å². The van der Waals surface area contributed by atoms with Gasteiger partial charge in [-0.15, -0.1) is 0 Å². The second kappa shape index (κ2) is 2.82. The lowest BCUT2D eigenvalue weighted by Gasteiger charge is -2.14. The first kappa shape index (κ1) is 7.11. The van der Waals surface area contributed by atoms with Crippen LogP contribution in [-0.2, 0) is 6.42 Å². The molecule has 12 heavy (non-hydrogen) atoms. The third-order valence-corrected chi connectivity index (χ3v) is 1.88. The SMILES string of the molecule is N#Cc1ccc2c(n1)OCCC2. The first-order valence-corrected chi connectivity index (χ1v) is 3.93. The molecule has 0 aliphatic carbocycles. The molecule has 0 fully saturated rings. The normalized spacial score (nSPS) is 14.2. The average Bonchev–Trinajstić information content (AvgIpc) is 2.17. The van der Waals surface area contributed by atoms with E-state index in [0.717, 1.165) is 25.0 Å². The topological polar surface area (TPSA) is 45.9 Å². The zero-order valence-electron chi connectivity index (χ0n) is 6.58. The summed E-state index contributed by atoms with van der Waals surface area (Å²) in [7, 11) is 0. The molecule has 1 aliphatic heterocycles. The summed E-state index contributed by atoms with van der Waals surface area (Å²) in [4.78, 5) is 4.05. The molecule has 0 amide bonds. The lowest BCUT2D eigenvalue weighted by atomic mass is 10.1. The fraction of sp³-hybridized carbons (Fsp3) is 0.333. The molecule has 60 valence electrons. The maximum absolute atomic E-state index is 8.57. The minimum Gasteiger partial charge on any atom is -0.477 e. The molecule has 1 aliphatic rings. The molecule has 0 atom stereocenters. The number of ether oxygens (including phenoxy) is 1. The molecular formula is C9H8N2O. The van der Waals surface area contributed by atoms with Gasteiger partial charge in [0.15, 0.2) is 0 Å². The summed E-state index contributed by atoms with van der Waals surface area (Å²) in [6.07, 6.45) is 2.05. The predicted molar refractivity (Wildman–Crippen MR) is 42.8 cm³/mol. The van der Waals surface area contributed by atoms with Gasteiger partial charge in [-0.1, -0.05) is 6.07 Å². The molecule has 0 bridgehead atoms. The molecule has 3 heteroatoms. The van der Waals surface area contributed by atoms with E-state index < -0.39 is 0 Å². The molecule has 0 saturated carbocycles. The minimum atomic E-state index is 0.427. The van der Waals surface area contributed by atoms with E-state index >= 15 is 0 Å². The van der Waals surface area contributed by atoms with Crippen LogP contribution in [0.5, 0.6) is 5.88 Å². The molecule has 0 N–H and O–H groups in total. The van der Waals surface area contributed by atoms with Crippen LogP contribution in [0.4, 0.5) is 0 Å². The fourth-order valence-corrected chi connectivity index (χ4v) is 1.28. The van der Waals surface area contributed by atoms with E-state index in [9.17, 15) is 0 Å². The molecule has 1 aromatic heterocycles. The van der Waals surface area contributed by atoms with Crippen LogP contribution in [0, 0.1) is 11.3 Å². The molecule has 0 unspecified atom stereocenters. The quantitative estimate of drug-likeness (QED) is 0.574. The number of nitriles is 1. The Hall–Kier alpha value is -1.56. The molecule has 0 radical (unpaired) electrons. The van der Waals surface area contributed by atoms with Crippen molar-refractivity contribution in [3.63, 3.8) is 0 Å². The summed E-state index contributed by atoms with van der Waals surface area (Å²) in [6, 6.07) is 5.63. The number of rotatable bonds is 0. The molecule has 2 rings (SSSR count). The number of aromatic nitrogens is 1. The number of aryl methyl sites for hydroxylation is 1. The van der Waals surface area contributed by atoms with E-state index in [2.05, 4.69) is 4.98 Å². The Morgan fingerprint density at radius 3 is 3.25 bits per heavy atom. The largest absolute Gasteiger partial charge is 0.477 e. The van der Waals surface area contributed by atoms with Crippen LogP contribution in [-0.4, -0.2) is 11.6 Å². The number of hydrogen-bond acceptors (Lipinski definition) is 3. The first-order valence-electron chi connectivity index (χ1n) is 3.93. The summed E-state index contributed by atoms with van der Waals surface area (Å²) >= 11 is 0. The van der Waals surface area contributed by atoms with Crippen molar-refractivity contribution in [3.05, 3.63) is 23.4 Å². The van der Waals surface area contributed by atoms with E-state index in [4.69, 9.17) is 10.00 Å². The Morgan fingerprint density at radius 1 is 1.50 bits per heavy atom. The predicted octanol–water partition coefficient (Wildman–Crippen LogP) is 1.28. The standard InChI is InChI=1S/C9H8N2O/c10-6-8-4-3-7-2-1-5-12-9(7)11-8/h3-4H,1-2,5H2. The molecule has 2 heterocycles. The van der Waals surface area contributed by atoms with Gasteiger partial charge in [-0.3, -0.25) is 0 Å². The van der Waals surface area contributed by atoms with Crippen LogP contribution < -0.4 is 4.74 Å². The van der Waals surface area contributed by atoms with Gasteiger partial charge in [0.1, 0.15) is 11.8 Å². The molecule has 0 aromatic carbocycles. The molecular weight excluding hydrogens is 152 g/mol. The van der Waals surface area contributed by atoms with Crippen molar-refractivity contribution in [3.8, 4) is 11.9 Å². The van der Waals surface area contributed by atoms with Crippen LogP contribution in [0.15, 0.2) is 12.1 Å². The minimum absolute atomic E-state index is 0.427. The van der Waals surface area contributed by atoms with Crippen LogP contribution in [0.25, 0.3) is 0 Å². The third kappa shape index (κ3) is 1.12. The number of hydrogen-bond donors (Lipinski definition) is 0. The fourth-order valence-electron chi connectivity index (χ4n) is 1.28. The average molecular weight is 160 g/mol. The highest BCUT2D eigenvalue weighted by Crippen LogP contribution is 2.21. The maximum atomic E-state index is 8.57. The van der Waals surface area contributed by atoms with Crippen molar-refractivity contribution >= 4 is 0 Å². The number of nitrogens with zero attached hydrogens (tertiary/aromatic N) is 2. The van der Waals surface area contributed by atoms with Gasteiger partial charge in [-0.2, -0.15) is 5.26 Å². The highest BCUT2D eigenvalue weighted by Gasteiger charge is 2.11. The van der Waals surface area contributed by atoms with Crippen LogP contribution in [0.2, 0.25) is 0 Å². The van der Waals surface area contributed by atoms with Crippen LogP contribution in [0.3, 0.4) is 0 Å². The Labute approximate surface area is 70.6 Å². The molecule has 3 nitrogen and oxygen atoms in total. The van der Waals surface area contributed by atoms with Crippen LogP contribution >= 0.6 is 0 Å². The van der Waals surface area contributed by atoms with Gasteiger partial charge in [-0.25, -0.2) is 4.98 Å². The number of pyridine rings is 1. The van der Waals surface area contributed by atoms with Crippen molar-refractivity contribution in [1.82, 2.24) is 4.98 Å². The highest BCUT2D eigenvalue weighted by atomic mass is 16.5. The lowest BCUT2D eigenvalue weighted by Crippen LogP contribution is -2.10. The lowest BCUT2D eigenvalue weighted by molar-refractivity contribution is 0.276. The first-order chi connectivity index (χ1) is 5.90. The van der Waals surface area contributed by atoms with Crippen molar-refractivity contribution < 1.29 is 4.74 Å². The Bertz CT molecular complexity index is 341. The summed E-state index contributed by atoms with van der Waals surface area (Å²) in [5, 5.41) is 8.57. The van der Waals surface area contributed by atoms with Gasteiger partial charge in [0.25, 0.3) is 0 Å². The maximum Gasteiger partial charge on any atom is 0.217 e. The Morgan fingerprint density at radius 2 is 2.42 bits per heavy atom. The van der Waals surface area contributed by atoms with Crippen molar-refractivity contribution in [1.29, 1.82) is 5.26 Å². The van der Waals surface area contributed by atoms with Crippen molar-refractivity contribution in [2.75, 3.05) is 6.61 Å². The second-order valence-electron chi connectivity index (χ2n) is 2.72. The highest BCUT2D eigenvalue weighted by molar-refractivity contribution is 5.33. The van der Waals surface area contributed by atoms with Gasteiger partial charge in [0, 0.05) is 5.56 Å².